The Morgan fingerprint density at radius 1 is 1.40 bits per heavy atom. The number of benzene rings is 1. The fourth-order valence-electron chi connectivity index (χ4n) is 2.32. The van der Waals surface area contributed by atoms with Crippen LogP contribution in [0.25, 0.3) is 11.3 Å². The first-order chi connectivity index (χ1) is 14.0. The predicted molar refractivity (Wildman–Crippen MR) is 102 cm³/mol. The van der Waals surface area contributed by atoms with E-state index in [0.29, 0.717) is 29.9 Å². The van der Waals surface area contributed by atoms with Gasteiger partial charge in [0, 0.05) is 30.4 Å². The van der Waals surface area contributed by atoms with Gasteiger partial charge in [0.05, 0.1) is 29.8 Å². The number of aromatic nitrogens is 2. The Hall–Kier alpha value is -2.43. The first-order valence-electron chi connectivity index (χ1n) is 8.80. The van der Waals surface area contributed by atoms with Crippen molar-refractivity contribution in [3.63, 3.8) is 0 Å². The van der Waals surface area contributed by atoms with Crippen LogP contribution >= 0.6 is 11.6 Å². The van der Waals surface area contributed by atoms with Gasteiger partial charge < -0.3 is 14.6 Å². The average Bonchev–Trinajstić information content (AvgIpc) is 3.14. The third-order valence-electron chi connectivity index (χ3n) is 3.82. The SMILES string of the molecule is C=C(CCn1cnc(-c2ccc(Cl)c(F)c2)c1)NC(=O)CO[C@@H](C)COC(F)(F)F. The Balaban J connectivity index is 1.73. The summed E-state index contributed by atoms with van der Waals surface area (Å²) in [5.74, 6) is -1.08. The van der Waals surface area contributed by atoms with Crippen LogP contribution in [0.2, 0.25) is 5.02 Å². The molecule has 0 unspecified atom stereocenters. The lowest BCUT2D eigenvalue weighted by molar-refractivity contribution is -0.330. The molecule has 0 aliphatic rings. The highest BCUT2D eigenvalue weighted by atomic mass is 35.5. The number of halogens is 5. The van der Waals surface area contributed by atoms with Crippen LogP contribution in [-0.2, 0) is 20.8 Å². The minimum absolute atomic E-state index is 0.0245. The second-order valence-electron chi connectivity index (χ2n) is 6.41. The lowest BCUT2D eigenvalue weighted by Crippen LogP contribution is -2.31. The molecule has 1 heterocycles. The maximum atomic E-state index is 13.6. The molecule has 0 fully saturated rings. The fourth-order valence-corrected chi connectivity index (χ4v) is 2.44. The van der Waals surface area contributed by atoms with Crippen molar-refractivity contribution in [2.24, 2.45) is 0 Å². The van der Waals surface area contributed by atoms with Crippen molar-refractivity contribution in [1.82, 2.24) is 14.9 Å². The van der Waals surface area contributed by atoms with Gasteiger partial charge >= 0.3 is 6.36 Å². The summed E-state index contributed by atoms with van der Waals surface area (Å²) < 4.78 is 59.8. The molecule has 1 N–H and O–H groups in total. The van der Waals surface area contributed by atoms with Crippen molar-refractivity contribution in [3.8, 4) is 11.3 Å². The number of alkyl halides is 3. The molecule has 1 atom stereocenters. The molecule has 0 spiro atoms. The van der Waals surface area contributed by atoms with Crippen molar-refractivity contribution in [3.05, 3.63) is 53.8 Å². The lowest BCUT2D eigenvalue weighted by Gasteiger charge is -2.15. The molecule has 0 aliphatic carbocycles. The summed E-state index contributed by atoms with van der Waals surface area (Å²) in [7, 11) is 0. The second-order valence-corrected chi connectivity index (χ2v) is 6.81. The number of nitrogens with zero attached hydrogens (tertiary/aromatic N) is 2. The van der Waals surface area contributed by atoms with E-state index in [4.69, 9.17) is 16.3 Å². The Labute approximate surface area is 175 Å². The third-order valence-corrected chi connectivity index (χ3v) is 4.12. The molecular formula is C19H20ClF4N3O3. The number of carbonyl (C=O) groups excluding carboxylic acids is 1. The van der Waals surface area contributed by atoms with Gasteiger partial charge in [0.2, 0.25) is 5.91 Å². The number of carbonyl (C=O) groups is 1. The van der Waals surface area contributed by atoms with Crippen LogP contribution in [0, 0.1) is 5.82 Å². The van der Waals surface area contributed by atoms with Crippen LogP contribution in [0.3, 0.4) is 0 Å². The van der Waals surface area contributed by atoms with Gasteiger partial charge in [-0.15, -0.1) is 13.2 Å². The van der Waals surface area contributed by atoms with E-state index in [0.717, 1.165) is 0 Å². The Kier molecular flexibility index (Phi) is 8.39. The van der Waals surface area contributed by atoms with Crippen LogP contribution in [0.15, 0.2) is 43.0 Å². The van der Waals surface area contributed by atoms with Crippen LogP contribution < -0.4 is 5.32 Å². The zero-order valence-electron chi connectivity index (χ0n) is 16.0. The van der Waals surface area contributed by atoms with Gasteiger partial charge in [-0.2, -0.15) is 0 Å². The van der Waals surface area contributed by atoms with E-state index in [1.165, 1.54) is 19.1 Å². The minimum atomic E-state index is -4.75. The van der Waals surface area contributed by atoms with Crippen LogP contribution in [-0.4, -0.2) is 41.1 Å². The maximum absolute atomic E-state index is 13.6. The molecule has 1 amide bonds. The van der Waals surface area contributed by atoms with Gasteiger partial charge in [-0.1, -0.05) is 24.2 Å². The standard InChI is InChI=1S/C19H20ClF4N3O3/c1-12(26-18(28)10-29-13(2)9-30-19(22,23)24)5-6-27-8-17(25-11-27)14-3-4-15(20)16(21)7-14/h3-4,7-8,11,13H,1,5-6,9-10H2,2H3,(H,26,28)/t13-/m0/s1. The fraction of sp³-hybridized carbons (Fsp3) is 0.368. The number of allylic oxidation sites excluding steroid dienone is 1. The number of hydrogen-bond donors (Lipinski definition) is 1. The van der Waals surface area contributed by atoms with Crippen molar-refractivity contribution in [2.75, 3.05) is 13.2 Å². The van der Waals surface area contributed by atoms with E-state index >= 15 is 0 Å². The monoisotopic (exact) mass is 449 g/mol. The van der Waals surface area contributed by atoms with E-state index in [2.05, 4.69) is 21.6 Å². The summed E-state index contributed by atoms with van der Waals surface area (Å²) in [5.41, 5.74) is 1.53. The summed E-state index contributed by atoms with van der Waals surface area (Å²) in [6.45, 7) is 4.39. The number of aryl methyl sites for hydroxylation is 1. The summed E-state index contributed by atoms with van der Waals surface area (Å²) in [4.78, 5) is 16.0. The molecule has 164 valence electrons. The van der Waals surface area contributed by atoms with E-state index in [1.54, 1.807) is 23.2 Å². The van der Waals surface area contributed by atoms with Gasteiger partial charge in [0.1, 0.15) is 12.4 Å². The van der Waals surface area contributed by atoms with Crippen molar-refractivity contribution in [1.29, 1.82) is 0 Å². The molecule has 2 aromatic rings. The molecule has 6 nitrogen and oxygen atoms in total. The second kappa shape index (κ2) is 10.6. The van der Waals surface area contributed by atoms with E-state index in [1.807, 2.05) is 0 Å². The Morgan fingerprint density at radius 3 is 2.80 bits per heavy atom. The molecule has 0 saturated carbocycles. The average molecular weight is 450 g/mol. The van der Waals surface area contributed by atoms with E-state index in [-0.39, 0.29) is 5.02 Å². The van der Waals surface area contributed by atoms with Gasteiger partial charge in [0.15, 0.2) is 0 Å². The minimum Gasteiger partial charge on any atom is -0.366 e. The molecule has 0 aliphatic heterocycles. The van der Waals surface area contributed by atoms with E-state index in [9.17, 15) is 22.4 Å². The van der Waals surface area contributed by atoms with Crippen LogP contribution in [0.1, 0.15) is 13.3 Å². The topological polar surface area (TPSA) is 65.4 Å². The molecular weight excluding hydrogens is 430 g/mol. The Bertz CT molecular complexity index is 886. The van der Waals surface area contributed by atoms with Crippen LogP contribution in [0.5, 0.6) is 0 Å². The van der Waals surface area contributed by atoms with Crippen molar-refractivity contribution < 1.29 is 31.8 Å². The van der Waals surface area contributed by atoms with Gasteiger partial charge in [-0.3, -0.25) is 9.53 Å². The Morgan fingerprint density at radius 2 is 2.13 bits per heavy atom. The third kappa shape index (κ3) is 8.13. The van der Waals surface area contributed by atoms with Crippen molar-refractivity contribution >= 4 is 17.5 Å². The number of imidazole rings is 1. The summed E-state index contributed by atoms with van der Waals surface area (Å²) in [5, 5.41) is 2.54. The first kappa shape index (κ1) is 23.8. The molecule has 11 heteroatoms. The highest BCUT2D eigenvalue weighted by molar-refractivity contribution is 6.30. The summed E-state index contributed by atoms with van der Waals surface area (Å²) in [6.07, 6.45) is -2.01. The largest absolute Gasteiger partial charge is 0.522 e. The zero-order chi connectivity index (χ0) is 22.3. The van der Waals surface area contributed by atoms with Crippen molar-refractivity contribution in [2.45, 2.75) is 32.4 Å². The molecule has 1 aromatic carbocycles. The van der Waals surface area contributed by atoms with E-state index < -0.39 is 37.4 Å². The summed E-state index contributed by atoms with van der Waals surface area (Å²) >= 11 is 5.67. The quantitative estimate of drug-likeness (QED) is 0.549. The number of amides is 1. The highest BCUT2D eigenvalue weighted by Gasteiger charge is 2.29. The number of rotatable bonds is 10. The smallest absolute Gasteiger partial charge is 0.366 e. The van der Waals surface area contributed by atoms with Crippen LogP contribution in [0.4, 0.5) is 17.6 Å². The van der Waals surface area contributed by atoms with Gasteiger partial charge in [-0.25, -0.2) is 9.37 Å². The molecule has 1 aromatic heterocycles. The molecule has 0 radical (unpaired) electrons. The zero-order valence-corrected chi connectivity index (χ0v) is 16.8. The predicted octanol–water partition coefficient (Wildman–Crippen LogP) is 4.30. The molecule has 30 heavy (non-hydrogen) atoms. The highest BCUT2D eigenvalue weighted by Crippen LogP contribution is 2.23. The summed E-state index contributed by atoms with van der Waals surface area (Å²) in [6, 6.07) is 4.38. The van der Waals surface area contributed by atoms with Gasteiger partial charge in [-0.05, 0) is 19.1 Å². The molecule has 0 bridgehead atoms. The van der Waals surface area contributed by atoms with Gasteiger partial charge in [0.25, 0.3) is 0 Å². The lowest BCUT2D eigenvalue weighted by atomic mass is 10.2. The maximum Gasteiger partial charge on any atom is 0.522 e. The number of hydrogen-bond acceptors (Lipinski definition) is 4. The number of ether oxygens (including phenoxy) is 2. The first-order valence-corrected chi connectivity index (χ1v) is 9.18. The normalized spacial score (nSPS) is 12.6. The number of nitrogens with one attached hydrogen (secondary N) is 1. The molecule has 2 rings (SSSR count). The molecule has 0 saturated heterocycles.